The van der Waals surface area contributed by atoms with Crippen LogP contribution < -0.4 is 10.3 Å². The minimum absolute atomic E-state index is 0.00153. The molecule has 1 aliphatic carbocycles. The van der Waals surface area contributed by atoms with Gasteiger partial charge in [-0.3, -0.25) is 14.4 Å². The monoisotopic (exact) mass is 475 g/mol. The van der Waals surface area contributed by atoms with E-state index in [4.69, 9.17) is 0 Å². The van der Waals surface area contributed by atoms with Crippen molar-refractivity contribution in [2.75, 3.05) is 31.1 Å². The van der Waals surface area contributed by atoms with Crippen LogP contribution in [0, 0.1) is 5.82 Å². The number of aromatic nitrogens is 1. The van der Waals surface area contributed by atoms with Gasteiger partial charge in [-0.15, -0.1) is 0 Å². The number of carbonyl (C=O) groups excluding carboxylic acids is 2. The molecule has 1 aliphatic heterocycles. The van der Waals surface area contributed by atoms with E-state index in [9.17, 15) is 19.5 Å². The number of nitrogens with zero attached hydrogens (tertiary/aromatic N) is 3. The summed E-state index contributed by atoms with van der Waals surface area (Å²) < 4.78 is 17.2. The first-order chi connectivity index (χ1) is 16.8. The highest BCUT2D eigenvalue weighted by Gasteiger charge is 2.28. The number of fused-ring (bicyclic) bond motifs is 1. The summed E-state index contributed by atoms with van der Waals surface area (Å²) in [6.07, 6.45) is 6.36. The lowest BCUT2D eigenvalue weighted by Gasteiger charge is -2.36. The van der Waals surface area contributed by atoms with Crippen LogP contribution in [0.15, 0.2) is 53.5 Å². The zero-order valence-electron chi connectivity index (χ0n) is 19.4. The second-order valence-corrected chi connectivity index (χ2v) is 9.11. The van der Waals surface area contributed by atoms with E-state index in [0.717, 1.165) is 12.8 Å². The molecule has 0 radical (unpaired) electrons. The number of anilines is 1. The number of phenolic OH excluding ortho intramolecular Hbond substituents is 1. The van der Waals surface area contributed by atoms with Crippen LogP contribution in [0.3, 0.4) is 0 Å². The highest BCUT2D eigenvalue weighted by molar-refractivity contribution is 6.08. The van der Waals surface area contributed by atoms with E-state index >= 15 is 4.39 Å². The number of halogens is 1. The Labute approximate surface area is 201 Å². The Hall–Kier alpha value is -3.94. The van der Waals surface area contributed by atoms with Gasteiger partial charge in [0.25, 0.3) is 0 Å². The minimum Gasteiger partial charge on any atom is -0.508 e. The van der Waals surface area contributed by atoms with Crippen molar-refractivity contribution in [2.45, 2.75) is 25.8 Å². The van der Waals surface area contributed by atoms with Gasteiger partial charge in [0.2, 0.25) is 11.3 Å². The molecule has 180 valence electrons. The number of hydrogen-bond donors (Lipinski definition) is 1. The Balaban J connectivity index is 1.51. The van der Waals surface area contributed by atoms with Gasteiger partial charge in [-0.05, 0) is 48.7 Å². The van der Waals surface area contributed by atoms with Crippen LogP contribution in [0.2, 0.25) is 0 Å². The Morgan fingerprint density at radius 2 is 1.74 bits per heavy atom. The molecule has 7 nitrogen and oxygen atoms in total. The smallest absolute Gasteiger partial charge is 0.219 e. The summed E-state index contributed by atoms with van der Waals surface area (Å²) in [5.74, 6) is -0.845. The summed E-state index contributed by atoms with van der Waals surface area (Å²) in [7, 11) is 0. The van der Waals surface area contributed by atoms with Crippen LogP contribution in [0.4, 0.5) is 10.1 Å². The molecule has 2 aliphatic rings. The van der Waals surface area contributed by atoms with Gasteiger partial charge in [0, 0.05) is 50.7 Å². The fraction of sp³-hybridized carbons (Fsp3) is 0.296. The van der Waals surface area contributed by atoms with Gasteiger partial charge in [-0.1, -0.05) is 18.2 Å². The third-order valence-corrected chi connectivity index (χ3v) is 6.69. The predicted octanol–water partition coefficient (Wildman–Crippen LogP) is 3.75. The fourth-order valence-electron chi connectivity index (χ4n) is 4.54. The lowest BCUT2D eigenvalue weighted by Crippen LogP contribution is -2.48. The number of rotatable bonds is 5. The number of ketones is 1. The average Bonchev–Trinajstić information content (AvgIpc) is 3.69. The molecule has 2 aromatic carbocycles. The van der Waals surface area contributed by atoms with E-state index in [1.807, 2.05) is 9.47 Å². The molecular formula is C27H26FN3O4. The lowest BCUT2D eigenvalue weighted by molar-refractivity contribution is -0.129. The van der Waals surface area contributed by atoms with Gasteiger partial charge in [0.1, 0.15) is 11.6 Å². The molecule has 1 amide bonds. The molecule has 8 heteroatoms. The number of aromatic hydroxyl groups is 1. The van der Waals surface area contributed by atoms with Gasteiger partial charge in [0.15, 0.2) is 5.78 Å². The molecule has 1 aromatic heterocycles. The molecule has 1 saturated carbocycles. The van der Waals surface area contributed by atoms with Crippen molar-refractivity contribution in [1.29, 1.82) is 0 Å². The van der Waals surface area contributed by atoms with E-state index in [-0.39, 0.29) is 28.6 Å². The molecule has 1 saturated heterocycles. The van der Waals surface area contributed by atoms with Crippen LogP contribution in [0.5, 0.6) is 5.75 Å². The highest BCUT2D eigenvalue weighted by atomic mass is 19.1. The number of hydrogen-bond acceptors (Lipinski definition) is 5. The molecule has 5 rings (SSSR count). The largest absolute Gasteiger partial charge is 0.508 e. The van der Waals surface area contributed by atoms with E-state index < -0.39 is 17.0 Å². The standard InChI is InChI=1S/C27H26FN3O4/c1-17(32)29-10-12-30(13-11-29)25-15-24-21(14-23(25)28)27(35)22(16-31(24)19-5-6-19)26(34)9-4-18-2-7-20(33)8-3-18/h2-4,7-9,14-16,19,33H,5-6,10-13H2,1H3. The molecule has 0 bridgehead atoms. The Bertz CT molecular complexity index is 1400. The molecule has 35 heavy (non-hydrogen) atoms. The number of carbonyl (C=O) groups is 2. The van der Waals surface area contributed by atoms with E-state index in [0.29, 0.717) is 42.9 Å². The van der Waals surface area contributed by atoms with Gasteiger partial charge in [-0.25, -0.2) is 4.39 Å². The second kappa shape index (κ2) is 9.02. The fourth-order valence-corrected chi connectivity index (χ4v) is 4.54. The van der Waals surface area contributed by atoms with Crippen LogP contribution in [0.1, 0.15) is 41.7 Å². The first kappa shape index (κ1) is 22.8. The summed E-state index contributed by atoms with van der Waals surface area (Å²) in [5.41, 5.74) is 1.23. The molecule has 0 unspecified atom stereocenters. The zero-order valence-corrected chi connectivity index (χ0v) is 19.4. The van der Waals surface area contributed by atoms with E-state index in [1.54, 1.807) is 35.4 Å². The summed E-state index contributed by atoms with van der Waals surface area (Å²) in [6.45, 7) is 3.58. The predicted molar refractivity (Wildman–Crippen MR) is 132 cm³/mol. The third kappa shape index (κ3) is 4.56. The van der Waals surface area contributed by atoms with Crippen LogP contribution >= 0.6 is 0 Å². The number of benzene rings is 2. The summed E-state index contributed by atoms with van der Waals surface area (Å²) in [6, 6.07) is 9.46. The first-order valence-electron chi connectivity index (χ1n) is 11.7. The van der Waals surface area contributed by atoms with Crippen LogP contribution in [-0.4, -0.2) is 52.4 Å². The van der Waals surface area contributed by atoms with Crippen molar-refractivity contribution in [3.63, 3.8) is 0 Å². The van der Waals surface area contributed by atoms with Gasteiger partial charge >= 0.3 is 0 Å². The molecule has 2 heterocycles. The summed E-state index contributed by atoms with van der Waals surface area (Å²) >= 11 is 0. The number of phenols is 1. The Kier molecular flexibility index (Phi) is 5.88. The topological polar surface area (TPSA) is 82.8 Å². The van der Waals surface area contributed by atoms with Gasteiger partial charge in [-0.2, -0.15) is 0 Å². The van der Waals surface area contributed by atoms with Crippen LogP contribution in [0.25, 0.3) is 17.0 Å². The molecule has 3 aromatic rings. The van der Waals surface area contributed by atoms with Crippen molar-refractivity contribution >= 4 is 34.4 Å². The number of pyridine rings is 1. The molecule has 0 atom stereocenters. The van der Waals surface area contributed by atoms with E-state index in [2.05, 4.69) is 0 Å². The highest BCUT2D eigenvalue weighted by Crippen LogP contribution is 2.38. The quantitative estimate of drug-likeness (QED) is 0.449. The summed E-state index contributed by atoms with van der Waals surface area (Å²) in [4.78, 5) is 41.5. The lowest BCUT2D eigenvalue weighted by atomic mass is 10.1. The van der Waals surface area contributed by atoms with E-state index in [1.165, 1.54) is 31.2 Å². The molecular weight excluding hydrogens is 449 g/mol. The molecule has 2 fully saturated rings. The minimum atomic E-state index is -0.516. The zero-order chi connectivity index (χ0) is 24.7. The Morgan fingerprint density at radius 1 is 1.06 bits per heavy atom. The van der Waals surface area contributed by atoms with Crippen molar-refractivity contribution in [1.82, 2.24) is 9.47 Å². The molecule has 1 N–H and O–H groups in total. The van der Waals surface area contributed by atoms with Crippen molar-refractivity contribution in [3.8, 4) is 5.75 Å². The molecule has 0 spiro atoms. The number of allylic oxidation sites excluding steroid dienone is 1. The summed E-state index contributed by atoms with van der Waals surface area (Å²) in [5, 5.41) is 9.60. The normalized spacial score (nSPS) is 16.3. The van der Waals surface area contributed by atoms with Gasteiger partial charge < -0.3 is 19.5 Å². The first-order valence-corrected chi connectivity index (χ1v) is 11.7. The second-order valence-electron chi connectivity index (χ2n) is 9.11. The van der Waals surface area contributed by atoms with Gasteiger partial charge in [0.05, 0.1) is 16.8 Å². The van der Waals surface area contributed by atoms with Crippen LogP contribution in [-0.2, 0) is 4.79 Å². The van der Waals surface area contributed by atoms with Crippen molar-refractivity contribution in [3.05, 3.63) is 75.8 Å². The maximum absolute atomic E-state index is 15.2. The van der Waals surface area contributed by atoms with Crippen molar-refractivity contribution < 1.29 is 19.1 Å². The SMILES string of the molecule is CC(=O)N1CCN(c2cc3c(cc2F)c(=O)c(C(=O)C=Cc2ccc(O)cc2)cn3C2CC2)CC1. The maximum atomic E-state index is 15.2. The Morgan fingerprint density at radius 3 is 2.37 bits per heavy atom. The number of piperazine rings is 1. The maximum Gasteiger partial charge on any atom is 0.219 e. The third-order valence-electron chi connectivity index (χ3n) is 6.69. The average molecular weight is 476 g/mol. The number of amides is 1. The van der Waals surface area contributed by atoms with Crippen molar-refractivity contribution in [2.24, 2.45) is 0 Å².